The zero-order chi connectivity index (χ0) is 15.7. The highest BCUT2D eigenvalue weighted by Gasteiger charge is 2.29. The lowest BCUT2D eigenvalue weighted by Gasteiger charge is -2.42. The van der Waals surface area contributed by atoms with Gasteiger partial charge in [0.25, 0.3) is 0 Å². The number of thioether (sulfide) groups is 1. The van der Waals surface area contributed by atoms with Gasteiger partial charge in [0.05, 0.1) is 6.54 Å². The SMILES string of the molecule is CCNC(=NCC(C)(C)N1CCCC(C)C1)NCCSC. The van der Waals surface area contributed by atoms with Crippen LogP contribution < -0.4 is 10.6 Å². The molecule has 0 aliphatic carbocycles. The van der Waals surface area contributed by atoms with E-state index in [0.717, 1.165) is 37.3 Å². The molecule has 1 rings (SSSR count). The summed E-state index contributed by atoms with van der Waals surface area (Å²) in [5.74, 6) is 2.87. The normalized spacial score (nSPS) is 21.4. The molecule has 0 spiro atoms. The molecule has 0 amide bonds. The van der Waals surface area contributed by atoms with Crippen molar-refractivity contribution in [2.75, 3.05) is 44.7 Å². The molecular weight excluding hydrogens is 280 g/mol. The zero-order valence-corrected chi connectivity index (χ0v) is 15.4. The van der Waals surface area contributed by atoms with E-state index < -0.39 is 0 Å². The molecule has 21 heavy (non-hydrogen) atoms. The number of guanidine groups is 1. The van der Waals surface area contributed by atoms with E-state index in [1.54, 1.807) is 0 Å². The Labute approximate surface area is 135 Å². The van der Waals surface area contributed by atoms with E-state index in [2.05, 4.69) is 49.5 Å². The summed E-state index contributed by atoms with van der Waals surface area (Å²) in [6.45, 7) is 14.2. The lowest BCUT2D eigenvalue weighted by molar-refractivity contribution is 0.0774. The van der Waals surface area contributed by atoms with Gasteiger partial charge in [0.15, 0.2) is 5.96 Å². The maximum absolute atomic E-state index is 4.80. The Hall–Kier alpha value is -0.420. The van der Waals surface area contributed by atoms with Crippen LogP contribution >= 0.6 is 11.8 Å². The van der Waals surface area contributed by atoms with Gasteiger partial charge in [0.2, 0.25) is 0 Å². The Kier molecular flexibility index (Phi) is 8.49. The van der Waals surface area contributed by atoms with E-state index >= 15 is 0 Å². The van der Waals surface area contributed by atoms with Crippen LogP contribution in [0.2, 0.25) is 0 Å². The number of aliphatic imine (C=N–C) groups is 1. The fourth-order valence-corrected chi connectivity index (χ4v) is 3.03. The number of piperidine rings is 1. The van der Waals surface area contributed by atoms with E-state index in [0.29, 0.717) is 0 Å². The Morgan fingerprint density at radius 1 is 1.38 bits per heavy atom. The van der Waals surface area contributed by atoms with Gasteiger partial charge in [-0.3, -0.25) is 9.89 Å². The van der Waals surface area contributed by atoms with Crippen LogP contribution in [-0.2, 0) is 0 Å². The minimum absolute atomic E-state index is 0.135. The highest BCUT2D eigenvalue weighted by atomic mass is 32.2. The molecule has 0 saturated carbocycles. The topological polar surface area (TPSA) is 39.7 Å². The molecule has 1 aliphatic rings. The highest BCUT2D eigenvalue weighted by molar-refractivity contribution is 7.98. The average Bonchev–Trinajstić information content (AvgIpc) is 2.45. The van der Waals surface area contributed by atoms with Crippen molar-refractivity contribution in [3.05, 3.63) is 0 Å². The molecule has 0 aromatic rings. The summed E-state index contributed by atoms with van der Waals surface area (Å²) in [5, 5.41) is 6.74. The maximum Gasteiger partial charge on any atom is 0.191 e. The van der Waals surface area contributed by atoms with Crippen LogP contribution in [0.1, 0.15) is 40.5 Å². The van der Waals surface area contributed by atoms with Crippen LogP contribution in [0.15, 0.2) is 4.99 Å². The summed E-state index contributed by atoms with van der Waals surface area (Å²) in [4.78, 5) is 7.41. The quantitative estimate of drug-likeness (QED) is 0.430. The third kappa shape index (κ3) is 6.92. The molecule has 1 atom stereocenters. The molecule has 1 saturated heterocycles. The van der Waals surface area contributed by atoms with Crippen LogP contribution in [0, 0.1) is 5.92 Å². The molecule has 0 bridgehead atoms. The van der Waals surface area contributed by atoms with Gasteiger partial charge in [0, 0.05) is 30.9 Å². The molecule has 1 fully saturated rings. The van der Waals surface area contributed by atoms with Crippen molar-refractivity contribution in [2.45, 2.75) is 46.1 Å². The predicted octanol–water partition coefficient (Wildman–Crippen LogP) is 2.42. The molecule has 0 radical (unpaired) electrons. The molecule has 1 heterocycles. The van der Waals surface area contributed by atoms with Crippen LogP contribution in [0.5, 0.6) is 0 Å². The summed E-state index contributed by atoms with van der Waals surface area (Å²) in [7, 11) is 0. The Balaban J connectivity index is 2.54. The second-order valence-electron chi connectivity index (χ2n) is 6.62. The third-order valence-corrected chi connectivity index (χ3v) is 4.69. The largest absolute Gasteiger partial charge is 0.357 e. The van der Waals surface area contributed by atoms with Crippen molar-refractivity contribution in [1.82, 2.24) is 15.5 Å². The first-order valence-electron chi connectivity index (χ1n) is 8.25. The van der Waals surface area contributed by atoms with E-state index in [1.807, 2.05) is 11.8 Å². The van der Waals surface area contributed by atoms with Crippen molar-refractivity contribution in [3.63, 3.8) is 0 Å². The van der Waals surface area contributed by atoms with E-state index in [-0.39, 0.29) is 5.54 Å². The van der Waals surface area contributed by atoms with Gasteiger partial charge in [0.1, 0.15) is 0 Å². The average molecular weight is 315 g/mol. The molecule has 1 aliphatic heterocycles. The number of hydrogen-bond acceptors (Lipinski definition) is 3. The third-order valence-electron chi connectivity index (χ3n) is 4.08. The number of rotatable bonds is 7. The minimum atomic E-state index is 0.135. The smallest absolute Gasteiger partial charge is 0.191 e. The first kappa shape index (κ1) is 18.6. The summed E-state index contributed by atoms with van der Waals surface area (Å²) >= 11 is 1.85. The van der Waals surface area contributed by atoms with E-state index in [9.17, 15) is 0 Å². The first-order chi connectivity index (χ1) is 9.99. The van der Waals surface area contributed by atoms with Crippen molar-refractivity contribution >= 4 is 17.7 Å². The minimum Gasteiger partial charge on any atom is -0.357 e. The van der Waals surface area contributed by atoms with Gasteiger partial charge >= 0.3 is 0 Å². The van der Waals surface area contributed by atoms with E-state index in [1.165, 1.54) is 25.9 Å². The Bertz CT molecular complexity index is 317. The molecule has 0 aromatic carbocycles. The van der Waals surface area contributed by atoms with Gasteiger partial charge in [-0.1, -0.05) is 6.92 Å². The zero-order valence-electron chi connectivity index (χ0n) is 14.5. The maximum atomic E-state index is 4.80. The van der Waals surface area contributed by atoms with Gasteiger partial charge in [-0.15, -0.1) is 0 Å². The second-order valence-corrected chi connectivity index (χ2v) is 7.61. The van der Waals surface area contributed by atoms with Crippen molar-refractivity contribution in [2.24, 2.45) is 10.9 Å². The lowest BCUT2D eigenvalue weighted by Crippen LogP contribution is -2.51. The van der Waals surface area contributed by atoms with Crippen LogP contribution in [-0.4, -0.2) is 61.1 Å². The molecule has 4 nitrogen and oxygen atoms in total. The molecule has 5 heteroatoms. The highest BCUT2D eigenvalue weighted by Crippen LogP contribution is 2.23. The molecule has 124 valence electrons. The predicted molar refractivity (Wildman–Crippen MR) is 96.4 cm³/mol. The molecule has 1 unspecified atom stereocenters. The molecule has 2 N–H and O–H groups in total. The monoisotopic (exact) mass is 314 g/mol. The fourth-order valence-electron chi connectivity index (χ4n) is 2.72. The van der Waals surface area contributed by atoms with Gasteiger partial charge < -0.3 is 10.6 Å². The van der Waals surface area contributed by atoms with Crippen molar-refractivity contribution in [3.8, 4) is 0 Å². The Morgan fingerprint density at radius 2 is 2.14 bits per heavy atom. The molecular formula is C16H34N4S. The lowest BCUT2D eigenvalue weighted by atomic mass is 9.94. The molecule has 0 aromatic heterocycles. The van der Waals surface area contributed by atoms with Gasteiger partial charge in [-0.25, -0.2) is 0 Å². The van der Waals surface area contributed by atoms with Crippen LogP contribution in [0.4, 0.5) is 0 Å². The number of hydrogen-bond donors (Lipinski definition) is 2. The standard InChI is InChI=1S/C16H34N4S/c1-6-17-15(18-9-11-21-5)19-13-16(3,4)20-10-7-8-14(2)12-20/h14H,6-13H2,1-5H3,(H2,17,18,19). The second kappa shape index (κ2) is 9.57. The Morgan fingerprint density at radius 3 is 2.76 bits per heavy atom. The summed E-state index contributed by atoms with van der Waals surface area (Å²) in [5.41, 5.74) is 0.135. The summed E-state index contributed by atoms with van der Waals surface area (Å²) in [6, 6.07) is 0. The van der Waals surface area contributed by atoms with Crippen molar-refractivity contribution in [1.29, 1.82) is 0 Å². The first-order valence-corrected chi connectivity index (χ1v) is 9.65. The number of nitrogens with one attached hydrogen (secondary N) is 2. The van der Waals surface area contributed by atoms with E-state index in [4.69, 9.17) is 4.99 Å². The number of nitrogens with zero attached hydrogens (tertiary/aromatic N) is 2. The van der Waals surface area contributed by atoms with Gasteiger partial charge in [-0.05, 0) is 52.3 Å². The van der Waals surface area contributed by atoms with Crippen LogP contribution in [0.25, 0.3) is 0 Å². The summed E-state index contributed by atoms with van der Waals surface area (Å²) < 4.78 is 0. The van der Waals surface area contributed by atoms with Gasteiger partial charge in [-0.2, -0.15) is 11.8 Å². The fraction of sp³-hybridized carbons (Fsp3) is 0.938. The van der Waals surface area contributed by atoms with Crippen molar-refractivity contribution < 1.29 is 0 Å². The summed E-state index contributed by atoms with van der Waals surface area (Å²) in [6.07, 6.45) is 4.82. The number of likely N-dealkylation sites (tertiary alicyclic amines) is 1. The van der Waals surface area contributed by atoms with Crippen LogP contribution in [0.3, 0.4) is 0 Å².